The Bertz CT molecular complexity index is 1490. The molecule has 0 radical (unpaired) electrons. The van der Waals surface area contributed by atoms with Crippen LogP contribution in [-0.4, -0.2) is 22.4 Å². The second kappa shape index (κ2) is 8.61. The van der Waals surface area contributed by atoms with Crippen LogP contribution < -0.4 is 10.2 Å². The van der Waals surface area contributed by atoms with Gasteiger partial charge >= 0.3 is 6.03 Å². The van der Waals surface area contributed by atoms with Crippen LogP contribution >= 0.6 is 11.6 Å². The standard InChI is InChI=1S/C26H17ClFN3O3/c27-22-7-3-1-5-16(22)14-30-15-17(20-6-2-4-8-23(20)30)13-21-24(32)29-26(34)31(25(21)33)19-11-9-18(28)10-12-19/h1-13,15H,14H2,(H,29,32,34)/b21-13+. The third kappa shape index (κ3) is 3.86. The zero-order valence-electron chi connectivity index (χ0n) is 17.7. The number of halogens is 2. The first-order valence-electron chi connectivity index (χ1n) is 10.4. The summed E-state index contributed by atoms with van der Waals surface area (Å²) in [7, 11) is 0. The Labute approximate surface area is 198 Å². The van der Waals surface area contributed by atoms with Gasteiger partial charge in [-0.15, -0.1) is 0 Å². The van der Waals surface area contributed by atoms with Gasteiger partial charge in [0.1, 0.15) is 11.4 Å². The maximum Gasteiger partial charge on any atom is 0.335 e. The van der Waals surface area contributed by atoms with Gasteiger partial charge in [0, 0.05) is 34.2 Å². The summed E-state index contributed by atoms with van der Waals surface area (Å²) in [5.74, 6) is -2.09. The smallest absolute Gasteiger partial charge is 0.335 e. The molecule has 6 nitrogen and oxygen atoms in total. The molecule has 0 saturated carbocycles. The molecule has 2 heterocycles. The lowest BCUT2D eigenvalue weighted by Crippen LogP contribution is -2.54. The third-order valence-corrected chi connectivity index (χ3v) is 5.97. The van der Waals surface area contributed by atoms with E-state index in [1.54, 1.807) is 0 Å². The van der Waals surface area contributed by atoms with E-state index in [4.69, 9.17) is 11.6 Å². The Balaban J connectivity index is 1.57. The molecule has 0 unspecified atom stereocenters. The van der Waals surface area contributed by atoms with Crippen LogP contribution in [0.25, 0.3) is 17.0 Å². The first-order chi connectivity index (χ1) is 16.4. The number of hydrogen-bond donors (Lipinski definition) is 1. The lowest BCUT2D eigenvalue weighted by Gasteiger charge is -2.26. The highest BCUT2D eigenvalue weighted by molar-refractivity contribution is 6.39. The first-order valence-corrected chi connectivity index (χ1v) is 10.8. The largest absolute Gasteiger partial charge is 0.342 e. The van der Waals surface area contributed by atoms with Gasteiger partial charge in [-0.1, -0.05) is 48.0 Å². The molecule has 1 N–H and O–H groups in total. The van der Waals surface area contributed by atoms with Crippen molar-refractivity contribution in [1.82, 2.24) is 9.88 Å². The van der Waals surface area contributed by atoms with Gasteiger partial charge in [0.15, 0.2) is 0 Å². The van der Waals surface area contributed by atoms with Gasteiger partial charge < -0.3 is 4.57 Å². The molecule has 34 heavy (non-hydrogen) atoms. The van der Waals surface area contributed by atoms with Crippen LogP contribution in [0.15, 0.2) is 84.6 Å². The highest BCUT2D eigenvalue weighted by Gasteiger charge is 2.37. The Kier molecular flexibility index (Phi) is 5.47. The average molecular weight is 474 g/mol. The molecule has 4 aromatic rings. The Morgan fingerprint density at radius 3 is 2.38 bits per heavy atom. The zero-order chi connectivity index (χ0) is 23.8. The number of anilines is 1. The SMILES string of the molecule is O=C1NC(=O)N(c2ccc(F)cc2)C(=O)/C1=C/c1cn(Cc2ccccc2Cl)c2ccccc12. The van der Waals surface area contributed by atoms with E-state index in [-0.39, 0.29) is 11.3 Å². The van der Waals surface area contributed by atoms with Gasteiger partial charge in [-0.05, 0) is 48.0 Å². The fourth-order valence-electron chi connectivity index (χ4n) is 3.97. The Morgan fingerprint density at radius 2 is 1.62 bits per heavy atom. The summed E-state index contributed by atoms with van der Waals surface area (Å²) in [6.45, 7) is 0.490. The summed E-state index contributed by atoms with van der Waals surface area (Å²) in [6, 6.07) is 19.1. The number of benzene rings is 3. The molecule has 1 saturated heterocycles. The molecule has 0 bridgehead atoms. The molecular weight excluding hydrogens is 457 g/mol. The van der Waals surface area contributed by atoms with Crippen molar-refractivity contribution in [3.05, 3.63) is 107 Å². The van der Waals surface area contributed by atoms with Crippen molar-refractivity contribution < 1.29 is 18.8 Å². The molecule has 4 amide bonds. The monoisotopic (exact) mass is 473 g/mol. The molecule has 3 aromatic carbocycles. The van der Waals surface area contributed by atoms with E-state index in [1.807, 2.05) is 59.3 Å². The van der Waals surface area contributed by atoms with Gasteiger partial charge in [-0.2, -0.15) is 0 Å². The van der Waals surface area contributed by atoms with E-state index in [0.29, 0.717) is 17.1 Å². The summed E-state index contributed by atoms with van der Waals surface area (Å²) in [4.78, 5) is 39.0. The minimum Gasteiger partial charge on any atom is -0.342 e. The van der Waals surface area contributed by atoms with E-state index in [0.717, 1.165) is 33.5 Å². The number of fused-ring (bicyclic) bond motifs is 1. The third-order valence-electron chi connectivity index (χ3n) is 5.60. The molecule has 1 fully saturated rings. The van der Waals surface area contributed by atoms with Crippen molar-refractivity contribution in [2.45, 2.75) is 6.54 Å². The summed E-state index contributed by atoms with van der Waals surface area (Å²) in [5, 5.41) is 3.65. The number of amides is 4. The first kappa shape index (κ1) is 21.6. The second-order valence-electron chi connectivity index (χ2n) is 7.76. The highest BCUT2D eigenvalue weighted by atomic mass is 35.5. The van der Waals surface area contributed by atoms with Crippen molar-refractivity contribution in [2.24, 2.45) is 0 Å². The minimum atomic E-state index is -0.889. The van der Waals surface area contributed by atoms with Crippen molar-refractivity contribution in [3.8, 4) is 0 Å². The van der Waals surface area contributed by atoms with Crippen LogP contribution in [-0.2, 0) is 16.1 Å². The number of hydrogen-bond acceptors (Lipinski definition) is 3. The maximum atomic E-state index is 13.3. The number of rotatable bonds is 4. The second-order valence-corrected chi connectivity index (χ2v) is 8.16. The molecule has 1 aromatic heterocycles. The van der Waals surface area contributed by atoms with E-state index < -0.39 is 23.7 Å². The Hall–Kier alpha value is -4.23. The summed E-state index contributed by atoms with van der Waals surface area (Å²) >= 11 is 6.34. The van der Waals surface area contributed by atoms with Crippen LogP contribution in [0.4, 0.5) is 14.9 Å². The number of para-hydroxylation sites is 1. The normalized spacial score (nSPS) is 15.3. The molecule has 1 aliphatic heterocycles. The van der Waals surface area contributed by atoms with Crippen LogP contribution in [0.2, 0.25) is 5.02 Å². The number of nitrogens with zero attached hydrogens (tertiary/aromatic N) is 2. The van der Waals surface area contributed by atoms with Crippen molar-refractivity contribution in [3.63, 3.8) is 0 Å². The minimum absolute atomic E-state index is 0.156. The topological polar surface area (TPSA) is 71.4 Å². The summed E-state index contributed by atoms with van der Waals surface area (Å²) in [5.41, 5.74) is 2.40. The Morgan fingerprint density at radius 1 is 0.912 bits per heavy atom. The molecule has 1 aliphatic rings. The number of imide groups is 2. The van der Waals surface area contributed by atoms with Crippen LogP contribution in [0.1, 0.15) is 11.1 Å². The predicted molar refractivity (Wildman–Crippen MR) is 128 cm³/mol. The number of urea groups is 1. The van der Waals surface area contributed by atoms with Crippen LogP contribution in [0.5, 0.6) is 0 Å². The molecule has 0 spiro atoms. The van der Waals surface area contributed by atoms with Crippen molar-refractivity contribution in [2.75, 3.05) is 4.90 Å². The van der Waals surface area contributed by atoms with Gasteiger partial charge in [0.05, 0.1) is 5.69 Å². The number of barbiturate groups is 1. The van der Waals surface area contributed by atoms with Gasteiger partial charge in [0.2, 0.25) is 0 Å². The molecule has 0 atom stereocenters. The van der Waals surface area contributed by atoms with E-state index in [2.05, 4.69) is 5.32 Å². The van der Waals surface area contributed by atoms with Crippen LogP contribution in [0.3, 0.4) is 0 Å². The average Bonchev–Trinajstić information content (AvgIpc) is 3.16. The fraction of sp³-hybridized carbons (Fsp3) is 0.0385. The highest BCUT2D eigenvalue weighted by Crippen LogP contribution is 2.28. The lowest BCUT2D eigenvalue weighted by atomic mass is 10.1. The van der Waals surface area contributed by atoms with E-state index >= 15 is 0 Å². The van der Waals surface area contributed by atoms with Gasteiger partial charge in [-0.3, -0.25) is 14.9 Å². The predicted octanol–water partition coefficient (Wildman–Crippen LogP) is 5.15. The molecule has 168 valence electrons. The summed E-state index contributed by atoms with van der Waals surface area (Å²) in [6.07, 6.45) is 3.30. The van der Waals surface area contributed by atoms with Crippen molar-refractivity contribution in [1.29, 1.82) is 0 Å². The quantitative estimate of drug-likeness (QED) is 0.329. The number of carbonyl (C=O) groups is 3. The molecule has 0 aliphatic carbocycles. The number of carbonyl (C=O) groups excluding carboxylic acids is 3. The maximum absolute atomic E-state index is 13.3. The van der Waals surface area contributed by atoms with Gasteiger partial charge in [-0.25, -0.2) is 14.1 Å². The van der Waals surface area contributed by atoms with E-state index in [1.165, 1.54) is 18.2 Å². The lowest BCUT2D eigenvalue weighted by molar-refractivity contribution is -0.122. The number of aromatic nitrogens is 1. The van der Waals surface area contributed by atoms with Gasteiger partial charge in [0.25, 0.3) is 11.8 Å². The van der Waals surface area contributed by atoms with Crippen LogP contribution in [0, 0.1) is 5.82 Å². The molecule has 8 heteroatoms. The zero-order valence-corrected chi connectivity index (χ0v) is 18.4. The van der Waals surface area contributed by atoms with Crippen molar-refractivity contribution >= 4 is 52.1 Å². The van der Waals surface area contributed by atoms with E-state index in [9.17, 15) is 18.8 Å². The number of nitrogens with one attached hydrogen (secondary N) is 1. The summed E-state index contributed by atoms with van der Waals surface area (Å²) < 4.78 is 15.3. The fourth-order valence-corrected chi connectivity index (χ4v) is 4.16. The molecule has 5 rings (SSSR count). The molecular formula is C26H17ClFN3O3.